The molecule has 0 fully saturated rings. The number of aromatic hydroxyl groups is 1. The van der Waals surface area contributed by atoms with Crippen molar-refractivity contribution in [1.29, 1.82) is 0 Å². The molecule has 0 saturated heterocycles. The van der Waals surface area contributed by atoms with E-state index in [9.17, 15) is 44.0 Å². The minimum atomic E-state index is -5.07. The van der Waals surface area contributed by atoms with E-state index < -0.39 is 63.0 Å². The molecule has 0 aliphatic carbocycles. The molecule has 0 spiro atoms. The molecule has 0 bridgehead atoms. The van der Waals surface area contributed by atoms with Gasteiger partial charge in [-0.1, -0.05) is 48.5 Å². The van der Waals surface area contributed by atoms with Crippen LogP contribution in [0.3, 0.4) is 0 Å². The fourth-order valence-corrected chi connectivity index (χ4v) is 7.78. The van der Waals surface area contributed by atoms with E-state index in [0.717, 1.165) is 23.3 Å². The predicted molar refractivity (Wildman–Crippen MR) is 219 cm³/mol. The monoisotopic (exact) mass is 875 g/mol. The van der Waals surface area contributed by atoms with Crippen LogP contribution in [0.2, 0.25) is 0 Å². The third-order valence-corrected chi connectivity index (χ3v) is 11.4. The van der Waals surface area contributed by atoms with Gasteiger partial charge in [-0.05, 0) is 89.3 Å². The van der Waals surface area contributed by atoms with Crippen LogP contribution in [-0.2, 0) is 30.4 Å². The third-order valence-electron chi connectivity index (χ3n) is 8.79. The van der Waals surface area contributed by atoms with Crippen LogP contribution in [-0.4, -0.2) is 44.0 Å². The Kier molecular flexibility index (Phi) is 12.3. The zero-order valence-electron chi connectivity index (χ0n) is 30.8. The first kappa shape index (κ1) is 43.6. The predicted octanol–water partition coefficient (Wildman–Crippen LogP) is 6.52. The van der Waals surface area contributed by atoms with Crippen LogP contribution in [0, 0.1) is 0 Å². The van der Waals surface area contributed by atoms with Crippen molar-refractivity contribution in [3.8, 4) is 16.9 Å². The van der Waals surface area contributed by atoms with Crippen molar-refractivity contribution in [2.75, 3.05) is 11.5 Å². The fraction of sp³-hybridized carbons (Fsp3) is 0. The van der Waals surface area contributed by atoms with Gasteiger partial charge >= 0.3 is 29.6 Å². The largest absolute Gasteiger partial charge is 1.00 e. The number of fused-ring (bicyclic) bond motifs is 2. The molecular formula is C38H28N8NaO10S3+. The maximum atomic E-state index is 12.5. The fourth-order valence-electron chi connectivity index (χ4n) is 5.95. The van der Waals surface area contributed by atoms with Crippen LogP contribution in [0.25, 0.3) is 32.7 Å². The number of hydrogen-bond acceptors (Lipinski definition) is 15. The number of nitrogen functional groups attached to an aromatic ring is 2. The molecule has 7 rings (SSSR count). The summed E-state index contributed by atoms with van der Waals surface area (Å²) in [6.45, 7) is 0. The van der Waals surface area contributed by atoms with E-state index in [-0.39, 0.29) is 56.6 Å². The van der Waals surface area contributed by atoms with E-state index in [4.69, 9.17) is 11.5 Å². The number of phenols is 1. The Morgan fingerprint density at radius 1 is 0.483 bits per heavy atom. The van der Waals surface area contributed by atoms with Gasteiger partial charge < -0.3 is 16.6 Å². The van der Waals surface area contributed by atoms with E-state index in [1.165, 1.54) is 18.2 Å². The van der Waals surface area contributed by atoms with Gasteiger partial charge in [-0.2, -0.15) is 40.6 Å². The number of nitrogens with zero attached hydrogens (tertiary/aromatic N) is 6. The normalized spacial score (nSPS) is 12.5. The first-order chi connectivity index (χ1) is 27.9. The van der Waals surface area contributed by atoms with Crippen LogP contribution in [0.15, 0.2) is 167 Å². The first-order valence-electron chi connectivity index (χ1n) is 16.8. The molecule has 18 nitrogen and oxygen atoms in total. The van der Waals surface area contributed by atoms with Crippen LogP contribution in [0.5, 0.6) is 5.75 Å². The maximum absolute atomic E-state index is 12.5. The zero-order valence-corrected chi connectivity index (χ0v) is 35.3. The average Bonchev–Trinajstić information content (AvgIpc) is 3.19. The first-order valence-corrected chi connectivity index (χ1v) is 21.1. The summed E-state index contributed by atoms with van der Waals surface area (Å²) < 4.78 is 102. The van der Waals surface area contributed by atoms with Crippen LogP contribution in [0.1, 0.15) is 0 Å². The summed E-state index contributed by atoms with van der Waals surface area (Å²) in [5.41, 5.74) is 13.8. The van der Waals surface area contributed by atoms with E-state index in [0.29, 0.717) is 27.8 Å². The van der Waals surface area contributed by atoms with Crippen molar-refractivity contribution in [3.63, 3.8) is 0 Å². The van der Waals surface area contributed by atoms with Crippen molar-refractivity contribution in [3.05, 3.63) is 121 Å². The van der Waals surface area contributed by atoms with Crippen LogP contribution in [0.4, 0.5) is 45.5 Å². The number of phenolic OH excluding ortho intramolecular Hbond substituents is 1. The van der Waals surface area contributed by atoms with E-state index in [1.807, 2.05) is 0 Å². The summed E-state index contributed by atoms with van der Waals surface area (Å²) >= 11 is 0. The Labute approximate surface area is 363 Å². The van der Waals surface area contributed by atoms with Crippen molar-refractivity contribution >= 4 is 97.4 Å². The minimum absolute atomic E-state index is 0. The molecular weight excluding hydrogens is 848 g/mol. The molecule has 298 valence electrons. The van der Waals surface area contributed by atoms with Gasteiger partial charge in [0.05, 0.1) is 38.7 Å². The number of benzene rings is 7. The van der Waals surface area contributed by atoms with Crippen molar-refractivity contribution in [2.24, 2.45) is 30.7 Å². The Bertz CT molecular complexity index is 3260. The van der Waals surface area contributed by atoms with Gasteiger partial charge in [0.15, 0.2) is 5.75 Å². The standard InChI is InChI=1S/C38H28N8O10S3.Na/c39-30-16-17-31(28-15-14-27(20-29(28)30)57(48,49)50)44-41-25-10-6-21(7-11-25)22-8-12-26(13-9-22)43-45-36-32(58(51,52)53)18-23-19-33(59(54,55)56)37(38(47)34(23)35(36)40)46-42-24-4-2-1-3-5-24;/h1-20,47H,39-40H2,(H,48,49,50)(H,51,52,53)(H,54,55,56);/q;+1. The number of nitrogens with two attached hydrogens (primary N) is 2. The Balaban J connectivity index is 0.00000604. The van der Waals surface area contributed by atoms with Crippen molar-refractivity contribution in [1.82, 2.24) is 0 Å². The van der Waals surface area contributed by atoms with Crippen LogP contribution >= 0.6 is 0 Å². The SMILES string of the molecule is Nc1ccc(N=Nc2ccc(-c3ccc(N=Nc4c(S(=O)(=O)O)cc5cc(S(=O)(=O)O)c(N=Nc6ccccc6)c(O)c5c4N)cc3)cc2)c2ccc(S(=O)(=O)O)cc12.[Na+]. The minimum Gasteiger partial charge on any atom is -0.505 e. The second-order valence-electron chi connectivity index (χ2n) is 12.6. The summed E-state index contributed by atoms with van der Waals surface area (Å²) in [6.07, 6.45) is 0. The van der Waals surface area contributed by atoms with Gasteiger partial charge in [0.2, 0.25) is 0 Å². The summed E-state index contributed by atoms with van der Waals surface area (Å²) in [5.74, 6) is -0.877. The van der Waals surface area contributed by atoms with Crippen LogP contribution < -0.4 is 41.0 Å². The third kappa shape index (κ3) is 9.23. The van der Waals surface area contributed by atoms with Crippen molar-refractivity contribution < 1.29 is 73.6 Å². The molecule has 22 heteroatoms. The summed E-state index contributed by atoms with van der Waals surface area (Å²) in [7, 11) is -14.6. The summed E-state index contributed by atoms with van der Waals surface area (Å²) in [6, 6.07) is 30.4. The van der Waals surface area contributed by atoms with E-state index >= 15 is 0 Å². The smallest absolute Gasteiger partial charge is 0.505 e. The molecule has 0 aliphatic heterocycles. The molecule has 0 amide bonds. The van der Waals surface area contributed by atoms with Gasteiger partial charge in [-0.3, -0.25) is 13.7 Å². The second kappa shape index (κ2) is 16.9. The molecule has 0 atom stereocenters. The topological polar surface area (TPSA) is 310 Å². The molecule has 0 saturated carbocycles. The van der Waals surface area contributed by atoms with E-state index in [1.54, 1.807) is 91.0 Å². The molecule has 0 radical (unpaired) electrons. The summed E-state index contributed by atoms with van der Waals surface area (Å²) in [5, 5.41) is 35.9. The molecule has 0 aromatic heterocycles. The molecule has 60 heavy (non-hydrogen) atoms. The molecule has 7 aromatic carbocycles. The number of rotatable bonds is 10. The Hall–Kier alpha value is -6.01. The molecule has 0 heterocycles. The average molecular weight is 876 g/mol. The van der Waals surface area contributed by atoms with E-state index in [2.05, 4.69) is 30.7 Å². The quantitative estimate of drug-likeness (QED) is 0.0370. The summed E-state index contributed by atoms with van der Waals surface area (Å²) in [4.78, 5) is -2.08. The molecule has 8 N–H and O–H groups in total. The number of azo groups is 3. The van der Waals surface area contributed by atoms with Gasteiger partial charge in [-0.15, -0.1) is 15.3 Å². The molecule has 0 aliphatic rings. The van der Waals surface area contributed by atoms with Gasteiger partial charge in [-0.25, -0.2) is 0 Å². The Morgan fingerprint density at radius 2 is 0.983 bits per heavy atom. The van der Waals surface area contributed by atoms with Gasteiger partial charge in [0, 0.05) is 16.5 Å². The second-order valence-corrected chi connectivity index (χ2v) is 16.8. The number of hydrogen-bond donors (Lipinski definition) is 6. The Morgan fingerprint density at radius 3 is 1.52 bits per heavy atom. The van der Waals surface area contributed by atoms with Gasteiger partial charge in [0.1, 0.15) is 21.2 Å². The van der Waals surface area contributed by atoms with Gasteiger partial charge in [0.25, 0.3) is 30.4 Å². The molecule has 0 unspecified atom stereocenters. The zero-order chi connectivity index (χ0) is 42.3. The number of anilines is 2. The maximum Gasteiger partial charge on any atom is 1.00 e. The molecule has 7 aromatic rings. The van der Waals surface area contributed by atoms with Crippen molar-refractivity contribution in [2.45, 2.75) is 14.7 Å².